The van der Waals surface area contributed by atoms with Gasteiger partial charge in [0.25, 0.3) is 0 Å². The van der Waals surface area contributed by atoms with Gasteiger partial charge >= 0.3 is 0 Å². The van der Waals surface area contributed by atoms with Gasteiger partial charge in [0, 0.05) is 49.1 Å². The van der Waals surface area contributed by atoms with E-state index in [1.54, 1.807) is 0 Å². The summed E-state index contributed by atoms with van der Waals surface area (Å²) in [6.45, 7) is 0. The van der Waals surface area contributed by atoms with Crippen molar-refractivity contribution in [3.8, 4) is 11.4 Å². The molecule has 1 atom stereocenters. The first-order valence-corrected chi connectivity index (χ1v) is 10.2. The second-order valence-electron chi connectivity index (χ2n) is 7.97. The lowest BCUT2D eigenvalue weighted by molar-refractivity contribution is 0.620. The minimum absolute atomic E-state index is 0.256. The predicted octanol–water partition coefficient (Wildman–Crippen LogP) is 5.09. The Morgan fingerprint density at radius 2 is 1.70 bits per heavy atom. The Balaban J connectivity index is 1.66. The normalized spacial score (nSPS) is 17.5. The third-order valence-corrected chi connectivity index (χ3v) is 5.95. The summed E-state index contributed by atoms with van der Waals surface area (Å²) >= 11 is 0. The zero-order chi connectivity index (χ0) is 20.6. The Morgan fingerprint density at radius 3 is 2.47 bits per heavy atom. The number of benzene rings is 2. The molecular weight excluding hydrogens is 368 g/mol. The molecule has 1 aliphatic rings. The lowest BCUT2D eigenvalue weighted by Crippen LogP contribution is -2.30. The number of hydrogen-bond donors (Lipinski definition) is 1. The molecule has 4 aromatic rings. The van der Waals surface area contributed by atoms with Gasteiger partial charge in [0.15, 0.2) is 0 Å². The van der Waals surface area contributed by atoms with Gasteiger partial charge in [0.2, 0.25) is 0 Å². The maximum absolute atomic E-state index is 4.62. The number of H-pyrrole nitrogens is 1. The second kappa shape index (κ2) is 7.30. The molecule has 0 bridgehead atoms. The third-order valence-electron chi connectivity index (χ3n) is 5.95. The SMILES string of the molecule is CN(C)c1cccc(C2(c3ccccc3)C=Cc3c(-c4ccccn4)n[nH]c3C2)c1. The number of fused-ring (bicyclic) bond motifs is 1. The van der Waals surface area contributed by atoms with Crippen LogP contribution < -0.4 is 4.90 Å². The van der Waals surface area contributed by atoms with Gasteiger partial charge in [-0.05, 0) is 35.4 Å². The van der Waals surface area contributed by atoms with Gasteiger partial charge in [-0.3, -0.25) is 10.1 Å². The van der Waals surface area contributed by atoms with Crippen LogP contribution in [0.4, 0.5) is 5.69 Å². The number of aromatic nitrogens is 3. The van der Waals surface area contributed by atoms with Crippen molar-refractivity contribution < 1.29 is 0 Å². The fourth-order valence-corrected chi connectivity index (χ4v) is 4.32. The fraction of sp³-hybridized carbons (Fsp3) is 0.154. The van der Waals surface area contributed by atoms with E-state index in [1.807, 2.05) is 24.4 Å². The van der Waals surface area contributed by atoms with E-state index in [-0.39, 0.29) is 5.41 Å². The van der Waals surface area contributed by atoms with Crippen molar-refractivity contribution in [3.63, 3.8) is 0 Å². The first-order valence-electron chi connectivity index (χ1n) is 10.2. The van der Waals surface area contributed by atoms with Gasteiger partial charge in [0.05, 0.1) is 5.69 Å². The lowest BCUT2D eigenvalue weighted by atomic mass is 9.68. The molecule has 0 radical (unpaired) electrons. The summed E-state index contributed by atoms with van der Waals surface area (Å²) in [6.07, 6.45) is 7.17. The summed E-state index contributed by atoms with van der Waals surface area (Å²) in [7, 11) is 4.16. The van der Waals surface area contributed by atoms with E-state index >= 15 is 0 Å². The third kappa shape index (κ3) is 3.01. The molecule has 0 amide bonds. The molecule has 1 N–H and O–H groups in total. The maximum Gasteiger partial charge on any atom is 0.118 e. The second-order valence-corrected chi connectivity index (χ2v) is 7.97. The highest BCUT2D eigenvalue weighted by atomic mass is 15.1. The van der Waals surface area contributed by atoms with Crippen molar-refractivity contribution >= 4 is 11.8 Å². The lowest BCUT2D eigenvalue weighted by Gasteiger charge is -2.35. The molecular formula is C26H24N4. The zero-order valence-electron chi connectivity index (χ0n) is 17.2. The summed E-state index contributed by atoms with van der Waals surface area (Å²) < 4.78 is 0. The van der Waals surface area contributed by atoms with Crippen molar-refractivity contribution in [3.05, 3.63) is 107 Å². The smallest absolute Gasteiger partial charge is 0.118 e. The number of pyridine rings is 1. The Bertz CT molecular complexity index is 1190. The predicted molar refractivity (Wildman–Crippen MR) is 123 cm³/mol. The van der Waals surface area contributed by atoms with E-state index in [4.69, 9.17) is 0 Å². The van der Waals surface area contributed by atoms with Gasteiger partial charge in [-0.15, -0.1) is 0 Å². The molecule has 0 spiro atoms. The van der Waals surface area contributed by atoms with Crippen LogP contribution >= 0.6 is 0 Å². The number of aromatic amines is 1. The molecule has 2 aromatic carbocycles. The Morgan fingerprint density at radius 1 is 0.900 bits per heavy atom. The van der Waals surface area contributed by atoms with Gasteiger partial charge < -0.3 is 4.90 Å². The Labute approximate surface area is 176 Å². The van der Waals surface area contributed by atoms with Crippen LogP contribution in [0.2, 0.25) is 0 Å². The van der Waals surface area contributed by atoms with E-state index in [9.17, 15) is 0 Å². The molecule has 2 aromatic heterocycles. The molecule has 148 valence electrons. The minimum atomic E-state index is -0.256. The average molecular weight is 393 g/mol. The largest absolute Gasteiger partial charge is 0.378 e. The number of nitrogens with zero attached hydrogens (tertiary/aromatic N) is 3. The molecule has 1 unspecified atom stereocenters. The Hall–Kier alpha value is -3.66. The summed E-state index contributed by atoms with van der Waals surface area (Å²) in [5, 5.41) is 7.92. The summed E-state index contributed by atoms with van der Waals surface area (Å²) in [5.41, 5.74) is 7.55. The highest BCUT2D eigenvalue weighted by Gasteiger charge is 2.36. The van der Waals surface area contributed by atoms with Crippen LogP contribution in [0.15, 0.2) is 85.1 Å². The first-order chi connectivity index (χ1) is 14.7. The number of allylic oxidation sites excluding steroid dienone is 1. The van der Waals surface area contributed by atoms with Crippen molar-refractivity contribution in [1.82, 2.24) is 15.2 Å². The van der Waals surface area contributed by atoms with Crippen LogP contribution in [0, 0.1) is 0 Å². The number of nitrogens with one attached hydrogen (secondary N) is 1. The van der Waals surface area contributed by atoms with Crippen molar-refractivity contribution in [2.45, 2.75) is 11.8 Å². The van der Waals surface area contributed by atoms with Gasteiger partial charge in [0.1, 0.15) is 5.69 Å². The van der Waals surface area contributed by atoms with Crippen LogP contribution in [0.25, 0.3) is 17.5 Å². The quantitative estimate of drug-likeness (QED) is 0.526. The highest BCUT2D eigenvalue weighted by molar-refractivity contribution is 5.75. The fourth-order valence-electron chi connectivity index (χ4n) is 4.32. The molecule has 2 heterocycles. The molecule has 1 aliphatic carbocycles. The topological polar surface area (TPSA) is 44.8 Å². The number of anilines is 1. The summed E-state index contributed by atoms with van der Waals surface area (Å²) in [6, 6.07) is 25.5. The molecule has 4 heteroatoms. The van der Waals surface area contributed by atoms with Gasteiger partial charge in [-0.25, -0.2) is 0 Å². The maximum atomic E-state index is 4.62. The van der Waals surface area contributed by atoms with E-state index in [1.165, 1.54) is 16.8 Å². The molecule has 0 aliphatic heterocycles. The van der Waals surface area contributed by atoms with Crippen LogP contribution in [0.3, 0.4) is 0 Å². The minimum Gasteiger partial charge on any atom is -0.378 e. The molecule has 0 saturated heterocycles. The summed E-state index contributed by atoms with van der Waals surface area (Å²) in [4.78, 5) is 6.64. The van der Waals surface area contributed by atoms with Gasteiger partial charge in [-0.2, -0.15) is 5.10 Å². The van der Waals surface area contributed by atoms with Gasteiger partial charge in [-0.1, -0.05) is 60.7 Å². The highest BCUT2D eigenvalue weighted by Crippen LogP contribution is 2.43. The average Bonchev–Trinajstić information content (AvgIpc) is 3.23. The number of hydrogen-bond acceptors (Lipinski definition) is 3. The van der Waals surface area contributed by atoms with E-state index < -0.39 is 0 Å². The number of rotatable bonds is 4. The van der Waals surface area contributed by atoms with Crippen molar-refractivity contribution in [1.29, 1.82) is 0 Å². The first kappa shape index (κ1) is 18.4. The van der Waals surface area contributed by atoms with E-state index in [0.717, 1.165) is 29.1 Å². The standard InChI is InChI=1S/C26H24N4/c1-30(2)21-12-8-11-20(17-21)26(19-9-4-3-5-10-19)15-14-22-24(18-26)28-29-25(22)23-13-6-7-16-27-23/h3-17H,18H2,1-2H3,(H,28,29). The monoisotopic (exact) mass is 392 g/mol. The van der Waals surface area contributed by atoms with Crippen LogP contribution in [-0.2, 0) is 11.8 Å². The van der Waals surface area contributed by atoms with Crippen LogP contribution in [-0.4, -0.2) is 29.3 Å². The van der Waals surface area contributed by atoms with Crippen molar-refractivity contribution in [2.24, 2.45) is 0 Å². The van der Waals surface area contributed by atoms with Crippen LogP contribution in [0.5, 0.6) is 0 Å². The molecule has 5 rings (SSSR count). The van der Waals surface area contributed by atoms with E-state index in [0.29, 0.717) is 0 Å². The summed E-state index contributed by atoms with van der Waals surface area (Å²) in [5.74, 6) is 0. The molecule has 0 fully saturated rings. The molecule has 30 heavy (non-hydrogen) atoms. The zero-order valence-corrected chi connectivity index (χ0v) is 17.2. The van der Waals surface area contributed by atoms with Crippen LogP contribution in [0.1, 0.15) is 22.4 Å². The molecule has 4 nitrogen and oxygen atoms in total. The van der Waals surface area contributed by atoms with E-state index in [2.05, 4.69) is 101 Å². The Kier molecular flexibility index (Phi) is 4.47. The molecule has 0 saturated carbocycles. The van der Waals surface area contributed by atoms with Crippen molar-refractivity contribution in [2.75, 3.05) is 19.0 Å².